The van der Waals surface area contributed by atoms with Gasteiger partial charge in [0.15, 0.2) is 4.96 Å². The smallest absolute Gasteiger partial charge is 0.193 e. The topological polar surface area (TPSA) is 38.6 Å². The van der Waals surface area contributed by atoms with Crippen LogP contribution in [0.1, 0.15) is 25.0 Å². The van der Waals surface area contributed by atoms with E-state index in [1.807, 2.05) is 6.20 Å². The standard InChI is InChI=1S/C12H17N3OS/c1-16-11-3-2-9(6-11)13-7-10-8-15-4-5-17-12(15)14-10/h4-5,8-9,11,13H,2-3,6-7H2,1H3. The van der Waals surface area contributed by atoms with Crippen molar-refractivity contribution in [1.82, 2.24) is 14.7 Å². The number of rotatable bonds is 4. The van der Waals surface area contributed by atoms with Crippen molar-refractivity contribution >= 4 is 16.3 Å². The minimum atomic E-state index is 0.443. The fraction of sp³-hybridized carbons (Fsp3) is 0.583. The lowest BCUT2D eigenvalue weighted by Crippen LogP contribution is -2.26. The van der Waals surface area contributed by atoms with E-state index in [1.165, 1.54) is 12.8 Å². The fourth-order valence-corrected chi connectivity index (χ4v) is 3.17. The monoisotopic (exact) mass is 251 g/mol. The molecule has 92 valence electrons. The van der Waals surface area contributed by atoms with Crippen LogP contribution in [0.15, 0.2) is 17.8 Å². The van der Waals surface area contributed by atoms with Gasteiger partial charge in [0.1, 0.15) is 0 Å². The highest BCUT2D eigenvalue weighted by molar-refractivity contribution is 7.15. The van der Waals surface area contributed by atoms with Crippen molar-refractivity contribution < 1.29 is 4.74 Å². The van der Waals surface area contributed by atoms with Gasteiger partial charge in [-0.15, -0.1) is 11.3 Å². The molecule has 0 radical (unpaired) electrons. The van der Waals surface area contributed by atoms with E-state index in [2.05, 4.69) is 26.3 Å². The Labute approximate surface area is 105 Å². The molecule has 2 atom stereocenters. The minimum Gasteiger partial charge on any atom is -0.381 e. The number of ether oxygens (including phenoxy) is 1. The van der Waals surface area contributed by atoms with Gasteiger partial charge in [0.2, 0.25) is 0 Å². The van der Waals surface area contributed by atoms with Gasteiger partial charge in [0.05, 0.1) is 11.8 Å². The summed E-state index contributed by atoms with van der Waals surface area (Å²) in [6.45, 7) is 0.857. The van der Waals surface area contributed by atoms with Crippen molar-refractivity contribution in [1.29, 1.82) is 0 Å². The summed E-state index contributed by atoms with van der Waals surface area (Å²) in [5.41, 5.74) is 1.12. The van der Waals surface area contributed by atoms with E-state index >= 15 is 0 Å². The van der Waals surface area contributed by atoms with Gasteiger partial charge in [0.25, 0.3) is 0 Å². The zero-order chi connectivity index (χ0) is 11.7. The van der Waals surface area contributed by atoms with Crippen LogP contribution in [0, 0.1) is 0 Å². The zero-order valence-corrected chi connectivity index (χ0v) is 10.7. The Morgan fingerprint density at radius 3 is 3.29 bits per heavy atom. The average Bonchev–Trinajstić information content (AvgIpc) is 3.01. The van der Waals surface area contributed by atoms with Crippen LogP contribution in [0.3, 0.4) is 0 Å². The molecule has 0 aliphatic heterocycles. The highest BCUT2D eigenvalue weighted by atomic mass is 32.1. The van der Waals surface area contributed by atoms with Gasteiger partial charge >= 0.3 is 0 Å². The molecule has 17 heavy (non-hydrogen) atoms. The molecule has 0 bridgehead atoms. The van der Waals surface area contributed by atoms with Gasteiger partial charge in [-0.3, -0.25) is 4.40 Å². The van der Waals surface area contributed by atoms with Gasteiger partial charge in [-0.25, -0.2) is 4.98 Å². The predicted octanol–water partition coefficient (Wildman–Crippen LogP) is 2.05. The van der Waals surface area contributed by atoms with Gasteiger partial charge in [-0.05, 0) is 19.3 Å². The van der Waals surface area contributed by atoms with E-state index in [4.69, 9.17) is 4.74 Å². The second-order valence-corrected chi connectivity index (χ2v) is 5.45. The summed E-state index contributed by atoms with van der Waals surface area (Å²) in [5.74, 6) is 0. The molecule has 2 unspecified atom stereocenters. The van der Waals surface area contributed by atoms with Crippen LogP contribution in [0.25, 0.3) is 4.96 Å². The molecule has 4 nitrogen and oxygen atoms in total. The number of nitrogens with zero attached hydrogens (tertiary/aromatic N) is 2. The van der Waals surface area contributed by atoms with Crippen LogP contribution in [0.2, 0.25) is 0 Å². The first kappa shape index (κ1) is 11.2. The Morgan fingerprint density at radius 2 is 2.53 bits per heavy atom. The Kier molecular flexibility index (Phi) is 3.13. The molecular weight excluding hydrogens is 234 g/mol. The van der Waals surface area contributed by atoms with Crippen LogP contribution in [0.5, 0.6) is 0 Å². The summed E-state index contributed by atoms with van der Waals surface area (Å²) in [6.07, 6.45) is 8.10. The number of aromatic nitrogens is 2. The SMILES string of the molecule is COC1CCC(NCc2cn3ccsc3n2)C1. The first-order valence-electron chi connectivity index (χ1n) is 6.02. The Balaban J connectivity index is 1.56. The third kappa shape index (κ3) is 2.36. The summed E-state index contributed by atoms with van der Waals surface area (Å²) < 4.78 is 7.45. The molecule has 2 aromatic heterocycles. The molecule has 1 aliphatic rings. The normalized spacial score (nSPS) is 24.8. The molecule has 0 amide bonds. The summed E-state index contributed by atoms with van der Waals surface area (Å²) in [5, 5.41) is 5.62. The van der Waals surface area contributed by atoms with Crippen molar-refractivity contribution in [3.63, 3.8) is 0 Å². The molecule has 2 heterocycles. The lowest BCUT2D eigenvalue weighted by Gasteiger charge is -2.11. The molecule has 2 aromatic rings. The van der Waals surface area contributed by atoms with Gasteiger partial charge in [0, 0.05) is 37.5 Å². The third-order valence-corrected chi connectivity index (χ3v) is 4.20. The van der Waals surface area contributed by atoms with Crippen molar-refractivity contribution in [2.45, 2.75) is 38.0 Å². The number of imidazole rings is 1. The molecule has 3 rings (SSSR count). The van der Waals surface area contributed by atoms with E-state index in [9.17, 15) is 0 Å². The molecule has 1 saturated carbocycles. The largest absolute Gasteiger partial charge is 0.381 e. The predicted molar refractivity (Wildman–Crippen MR) is 68.3 cm³/mol. The van der Waals surface area contributed by atoms with Crippen molar-refractivity contribution in [3.8, 4) is 0 Å². The Bertz CT molecular complexity index is 464. The molecular formula is C12H17N3OS. The third-order valence-electron chi connectivity index (χ3n) is 3.43. The molecule has 1 fully saturated rings. The molecule has 0 aromatic carbocycles. The second-order valence-electron chi connectivity index (χ2n) is 4.57. The van der Waals surface area contributed by atoms with E-state index < -0.39 is 0 Å². The zero-order valence-electron chi connectivity index (χ0n) is 9.93. The highest BCUT2D eigenvalue weighted by Crippen LogP contribution is 2.21. The lowest BCUT2D eigenvalue weighted by molar-refractivity contribution is 0.107. The van der Waals surface area contributed by atoms with Crippen LogP contribution in [0.4, 0.5) is 0 Å². The molecule has 1 N–H and O–H groups in total. The highest BCUT2D eigenvalue weighted by Gasteiger charge is 2.23. The number of nitrogens with one attached hydrogen (secondary N) is 1. The van der Waals surface area contributed by atoms with Crippen LogP contribution in [-0.4, -0.2) is 28.6 Å². The average molecular weight is 251 g/mol. The maximum atomic E-state index is 5.37. The molecule has 1 aliphatic carbocycles. The van der Waals surface area contributed by atoms with E-state index in [0.29, 0.717) is 12.1 Å². The van der Waals surface area contributed by atoms with E-state index in [0.717, 1.165) is 23.6 Å². The Hall–Kier alpha value is -0.910. The maximum Gasteiger partial charge on any atom is 0.193 e. The minimum absolute atomic E-state index is 0.443. The van der Waals surface area contributed by atoms with Crippen LogP contribution in [-0.2, 0) is 11.3 Å². The maximum absolute atomic E-state index is 5.37. The van der Waals surface area contributed by atoms with E-state index in [1.54, 1.807) is 18.4 Å². The lowest BCUT2D eigenvalue weighted by atomic mass is 10.2. The summed E-state index contributed by atoms with van der Waals surface area (Å²) in [4.78, 5) is 5.63. The first-order valence-corrected chi connectivity index (χ1v) is 6.90. The van der Waals surface area contributed by atoms with Crippen molar-refractivity contribution in [2.75, 3.05) is 7.11 Å². The van der Waals surface area contributed by atoms with Gasteiger partial charge in [-0.1, -0.05) is 0 Å². The summed E-state index contributed by atoms with van der Waals surface area (Å²) in [6, 6.07) is 0.583. The number of thiazole rings is 1. The second kappa shape index (κ2) is 4.76. The Morgan fingerprint density at radius 1 is 1.59 bits per heavy atom. The number of fused-ring (bicyclic) bond motifs is 1. The quantitative estimate of drug-likeness (QED) is 0.904. The molecule has 0 spiro atoms. The van der Waals surface area contributed by atoms with Gasteiger partial charge in [-0.2, -0.15) is 0 Å². The number of methoxy groups -OCH3 is 1. The first-order chi connectivity index (χ1) is 8.35. The fourth-order valence-electron chi connectivity index (χ4n) is 2.45. The van der Waals surface area contributed by atoms with E-state index in [-0.39, 0.29) is 0 Å². The number of hydrogen-bond acceptors (Lipinski definition) is 4. The number of hydrogen-bond donors (Lipinski definition) is 1. The van der Waals surface area contributed by atoms with Crippen molar-refractivity contribution in [3.05, 3.63) is 23.5 Å². The summed E-state index contributed by atoms with van der Waals surface area (Å²) in [7, 11) is 1.80. The molecule has 5 heteroatoms. The molecule has 0 saturated heterocycles. The van der Waals surface area contributed by atoms with Gasteiger partial charge < -0.3 is 10.1 Å². The van der Waals surface area contributed by atoms with Crippen LogP contribution < -0.4 is 5.32 Å². The van der Waals surface area contributed by atoms with Crippen molar-refractivity contribution in [2.24, 2.45) is 0 Å². The summed E-state index contributed by atoms with van der Waals surface area (Å²) >= 11 is 1.67. The van der Waals surface area contributed by atoms with Crippen LogP contribution >= 0.6 is 11.3 Å².